The second-order valence-electron chi connectivity index (χ2n) is 3.92. The maximum absolute atomic E-state index is 4.13. The van der Waals surface area contributed by atoms with E-state index in [1.807, 2.05) is 0 Å². The summed E-state index contributed by atoms with van der Waals surface area (Å²) in [6.45, 7) is 4.13. The van der Waals surface area contributed by atoms with Gasteiger partial charge in [-0.25, -0.2) is 0 Å². The van der Waals surface area contributed by atoms with Gasteiger partial charge in [0.2, 0.25) is 0 Å². The molecule has 0 atom stereocenters. The third kappa shape index (κ3) is 2.45. The van der Waals surface area contributed by atoms with Gasteiger partial charge in [0.05, 0.1) is 0 Å². The van der Waals surface area contributed by atoms with Gasteiger partial charge < -0.3 is 0 Å². The summed E-state index contributed by atoms with van der Waals surface area (Å²) >= 11 is 0. The molecule has 68 valence electrons. The highest BCUT2D eigenvalue weighted by Gasteiger charge is 2.23. The third-order valence-corrected chi connectivity index (χ3v) is 2.73. The molecule has 0 N–H and O–H groups in total. The molecule has 0 amide bonds. The molecule has 1 fully saturated rings. The average molecular weight is 172 g/mol. The Balaban J connectivity index is 1.82. The lowest BCUT2D eigenvalue weighted by atomic mass is 10.0. The zero-order valence-corrected chi connectivity index (χ0v) is 8.00. The SMILES string of the molecule is C=C(CCc1ccccc1)C1CC1. The first-order chi connectivity index (χ1) is 6.36. The van der Waals surface area contributed by atoms with Crippen LogP contribution in [-0.2, 0) is 6.42 Å². The van der Waals surface area contributed by atoms with E-state index in [-0.39, 0.29) is 0 Å². The van der Waals surface area contributed by atoms with Crippen molar-refractivity contribution in [3.8, 4) is 0 Å². The Morgan fingerprint density at radius 2 is 1.92 bits per heavy atom. The highest BCUT2D eigenvalue weighted by molar-refractivity contribution is 5.17. The minimum Gasteiger partial charge on any atom is -0.0996 e. The Bertz CT molecular complexity index is 280. The van der Waals surface area contributed by atoms with Gasteiger partial charge in [-0.1, -0.05) is 42.5 Å². The van der Waals surface area contributed by atoms with Crippen LogP contribution < -0.4 is 0 Å². The highest BCUT2D eigenvalue weighted by atomic mass is 14.3. The Hall–Kier alpha value is -1.04. The van der Waals surface area contributed by atoms with E-state index in [4.69, 9.17) is 0 Å². The zero-order valence-electron chi connectivity index (χ0n) is 8.00. The van der Waals surface area contributed by atoms with E-state index >= 15 is 0 Å². The summed E-state index contributed by atoms with van der Waals surface area (Å²) in [6, 6.07) is 10.7. The van der Waals surface area contributed by atoms with Crippen LogP contribution in [0.1, 0.15) is 24.8 Å². The monoisotopic (exact) mass is 172 g/mol. The van der Waals surface area contributed by atoms with Crippen molar-refractivity contribution < 1.29 is 0 Å². The lowest BCUT2D eigenvalue weighted by Crippen LogP contribution is -1.89. The molecule has 0 unspecified atom stereocenters. The Labute approximate surface area is 80.3 Å². The Morgan fingerprint density at radius 3 is 2.54 bits per heavy atom. The minimum atomic E-state index is 0.865. The summed E-state index contributed by atoms with van der Waals surface area (Å²) in [5.41, 5.74) is 2.90. The predicted molar refractivity (Wildman–Crippen MR) is 56.6 cm³/mol. The van der Waals surface area contributed by atoms with Crippen LogP contribution in [0.4, 0.5) is 0 Å². The molecule has 0 nitrogen and oxygen atoms in total. The maximum Gasteiger partial charge on any atom is -0.0205 e. The summed E-state index contributed by atoms with van der Waals surface area (Å²) in [6.07, 6.45) is 5.10. The summed E-state index contributed by atoms with van der Waals surface area (Å²) in [5, 5.41) is 0. The zero-order chi connectivity index (χ0) is 9.10. The second-order valence-corrected chi connectivity index (χ2v) is 3.92. The van der Waals surface area contributed by atoms with Gasteiger partial charge in [0, 0.05) is 0 Å². The number of hydrogen-bond acceptors (Lipinski definition) is 0. The van der Waals surface area contributed by atoms with Gasteiger partial charge in [-0.05, 0) is 37.2 Å². The molecule has 0 heteroatoms. The van der Waals surface area contributed by atoms with Crippen LogP contribution in [0.2, 0.25) is 0 Å². The normalized spacial score (nSPS) is 15.7. The molecule has 0 radical (unpaired) electrons. The molecule has 0 aliphatic heterocycles. The van der Waals surface area contributed by atoms with Gasteiger partial charge >= 0.3 is 0 Å². The van der Waals surface area contributed by atoms with Gasteiger partial charge in [-0.2, -0.15) is 0 Å². The van der Waals surface area contributed by atoms with Crippen molar-refractivity contribution in [1.82, 2.24) is 0 Å². The molecule has 0 saturated heterocycles. The smallest absolute Gasteiger partial charge is 0.0205 e. The third-order valence-electron chi connectivity index (χ3n) is 2.73. The van der Waals surface area contributed by atoms with Crippen molar-refractivity contribution in [2.75, 3.05) is 0 Å². The molecule has 1 aliphatic carbocycles. The van der Waals surface area contributed by atoms with E-state index in [2.05, 4.69) is 36.9 Å². The van der Waals surface area contributed by atoms with Crippen molar-refractivity contribution in [3.05, 3.63) is 48.0 Å². The summed E-state index contributed by atoms with van der Waals surface area (Å²) < 4.78 is 0. The maximum atomic E-state index is 4.13. The van der Waals surface area contributed by atoms with Crippen LogP contribution in [-0.4, -0.2) is 0 Å². The van der Waals surface area contributed by atoms with Crippen molar-refractivity contribution in [1.29, 1.82) is 0 Å². The molecule has 0 bridgehead atoms. The summed E-state index contributed by atoms with van der Waals surface area (Å²) in [5.74, 6) is 0.865. The molecule has 0 aromatic heterocycles. The first-order valence-corrected chi connectivity index (χ1v) is 5.08. The number of allylic oxidation sites excluding steroid dienone is 1. The van der Waals surface area contributed by atoms with Crippen molar-refractivity contribution in [3.63, 3.8) is 0 Å². The van der Waals surface area contributed by atoms with E-state index in [1.54, 1.807) is 0 Å². The van der Waals surface area contributed by atoms with E-state index in [1.165, 1.54) is 30.4 Å². The number of aryl methyl sites for hydroxylation is 1. The van der Waals surface area contributed by atoms with Crippen LogP contribution in [0.15, 0.2) is 42.5 Å². The Morgan fingerprint density at radius 1 is 1.23 bits per heavy atom. The van der Waals surface area contributed by atoms with E-state index in [0.29, 0.717) is 0 Å². The lowest BCUT2D eigenvalue weighted by Gasteiger charge is -2.03. The second kappa shape index (κ2) is 3.78. The number of benzene rings is 1. The average Bonchev–Trinajstić information content (AvgIpc) is 2.99. The van der Waals surface area contributed by atoms with Crippen LogP contribution in [0, 0.1) is 5.92 Å². The molecule has 2 rings (SSSR count). The van der Waals surface area contributed by atoms with E-state index < -0.39 is 0 Å². The Kier molecular flexibility index (Phi) is 2.49. The van der Waals surface area contributed by atoms with Gasteiger partial charge in [0.15, 0.2) is 0 Å². The largest absolute Gasteiger partial charge is 0.0996 e. The first-order valence-electron chi connectivity index (χ1n) is 5.08. The fourth-order valence-electron chi connectivity index (χ4n) is 1.65. The fourth-order valence-corrected chi connectivity index (χ4v) is 1.65. The lowest BCUT2D eigenvalue weighted by molar-refractivity contribution is 0.849. The van der Waals surface area contributed by atoms with Crippen LogP contribution in [0.25, 0.3) is 0 Å². The van der Waals surface area contributed by atoms with Gasteiger partial charge in [0.1, 0.15) is 0 Å². The fraction of sp³-hybridized carbons (Fsp3) is 0.385. The van der Waals surface area contributed by atoms with Crippen molar-refractivity contribution in [2.45, 2.75) is 25.7 Å². The molecule has 0 heterocycles. The number of rotatable bonds is 4. The summed E-state index contributed by atoms with van der Waals surface area (Å²) in [4.78, 5) is 0. The van der Waals surface area contributed by atoms with Crippen LogP contribution in [0.3, 0.4) is 0 Å². The highest BCUT2D eigenvalue weighted by Crippen LogP contribution is 2.37. The standard InChI is InChI=1S/C13H16/c1-11(13-9-10-13)7-8-12-5-3-2-4-6-12/h2-6,13H,1,7-10H2. The first kappa shape index (κ1) is 8.55. The molecule has 13 heavy (non-hydrogen) atoms. The van der Waals surface area contributed by atoms with Gasteiger partial charge in [-0.3, -0.25) is 0 Å². The van der Waals surface area contributed by atoms with E-state index in [9.17, 15) is 0 Å². The van der Waals surface area contributed by atoms with Crippen LogP contribution in [0.5, 0.6) is 0 Å². The molecule has 1 aromatic carbocycles. The quantitative estimate of drug-likeness (QED) is 0.609. The van der Waals surface area contributed by atoms with Gasteiger partial charge in [0.25, 0.3) is 0 Å². The summed E-state index contributed by atoms with van der Waals surface area (Å²) in [7, 11) is 0. The molecule has 0 spiro atoms. The van der Waals surface area contributed by atoms with Crippen molar-refractivity contribution >= 4 is 0 Å². The van der Waals surface area contributed by atoms with Crippen molar-refractivity contribution in [2.24, 2.45) is 5.92 Å². The van der Waals surface area contributed by atoms with Gasteiger partial charge in [-0.15, -0.1) is 0 Å². The predicted octanol–water partition coefficient (Wildman–Crippen LogP) is 3.59. The van der Waals surface area contributed by atoms with E-state index in [0.717, 1.165) is 12.3 Å². The molecule has 1 saturated carbocycles. The van der Waals surface area contributed by atoms with Crippen LogP contribution >= 0.6 is 0 Å². The molecular formula is C13H16. The molecule has 1 aromatic rings. The molecule has 1 aliphatic rings. The minimum absolute atomic E-state index is 0.865. The topological polar surface area (TPSA) is 0 Å². The number of hydrogen-bond donors (Lipinski definition) is 0. The molecular weight excluding hydrogens is 156 g/mol.